The molecule has 1 N–H and O–H groups in total. The highest BCUT2D eigenvalue weighted by atomic mass is 32.2. The van der Waals surface area contributed by atoms with Crippen molar-refractivity contribution in [2.75, 3.05) is 28.2 Å². The molecule has 2 aromatic rings. The maximum Gasteiger partial charge on any atom is 0.246 e. The van der Waals surface area contributed by atoms with Crippen molar-refractivity contribution < 1.29 is 13.2 Å². The smallest absolute Gasteiger partial charge is 0.246 e. The molecule has 0 saturated carbocycles. The number of thioether (sulfide) groups is 1. The maximum atomic E-state index is 12.4. The lowest BCUT2D eigenvalue weighted by Gasteiger charge is -2.21. The minimum Gasteiger partial charge on any atom is -0.299 e. The van der Waals surface area contributed by atoms with E-state index in [4.69, 9.17) is 0 Å². The molecule has 0 aliphatic carbocycles. The molecule has 0 aliphatic heterocycles. The molecule has 1 aromatic carbocycles. The fraction of sp³-hybridized carbons (Fsp3) is 0.471. The number of anilines is 2. The van der Waals surface area contributed by atoms with E-state index >= 15 is 0 Å². The highest BCUT2D eigenvalue weighted by Crippen LogP contribution is 2.27. The summed E-state index contributed by atoms with van der Waals surface area (Å²) in [5.41, 5.74) is 1.55. The van der Waals surface area contributed by atoms with Crippen molar-refractivity contribution in [2.24, 2.45) is 5.92 Å². The summed E-state index contributed by atoms with van der Waals surface area (Å²) in [6.45, 7) is 5.93. The summed E-state index contributed by atoms with van der Waals surface area (Å²) in [4.78, 5) is 12.4. The first-order chi connectivity index (χ1) is 12.7. The van der Waals surface area contributed by atoms with Crippen LogP contribution in [0, 0.1) is 5.92 Å². The van der Waals surface area contributed by atoms with Crippen LogP contribution in [0.2, 0.25) is 0 Å². The first-order valence-electron chi connectivity index (χ1n) is 8.51. The maximum absolute atomic E-state index is 12.4. The van der Waals surface area contributed by atoms with E-state index in [1.165, 1.54) is 11.3 Å². The number of hydrogen-bond donors (Lipinski definition) is 1. The number of sulfonamides is 1. The molecule has 1 aromatic heterocycles. The molecule has 1 amide bonds. The highest BCUT2D eigenvalue weighted by Gasteiger charge is 2.21. The van der Waals surface area contributed by atoms with Crippen molar-refractivity contribution >= 4 is 49.8 Å². The Kier molecular flexibility index (Phi) is 7.63. The molecule has 0 saturated heterocycles. The predicted molar refractivity (Wildman–Crippen MR) is 112 cm³/mol. The molecule has 148 valence electrons. The molecule has 27 heavy (non-hydrogen) atoms. The topological polar surface area (TPSA) is 92.3 Å². The lowest BCUT2D eigenvalue weighted by Crippen LogP contribution is -2.37. The lowest BCUT2D eigenvalue weighted by molar-refractivity contribution is -0.114. The summed E-state index contributed by atoms with van der Waals surface area (Å²) in [5, 5.41) is 11.0. The van der Waals surface area contributed by atoms with E-state index < -0.39 is 15.9 Å². The zero-order valence-corrected chi connectivity index (χ0v) is 18.2. The van der Waals surface area contributed by atoms with Crippen molar-refractivity contribution in [3.05, 3.63) is 29.8 Å². The van der Waals surface area contributed by atoms with Gasteiger partial charge >= 0.3 is 0 Å². The van der Waals surface area contributed by atoms with Gasteiger partial charge in [0.15, 0.2) is 4.34 Å². The van der Waals surface area contributed by atoms with Crippen LogP contribution in [0.25, 0.3) is 0 Å². The number of carbonyl (C=O) groups excluding carboxylic acids is 1. The van der Waals surface area contributed by atoms with E-state index in [-0.39, 0.29) is 6.54 Å². The van der Waals surface area contributed by atoms with Crippen LogP contribution < -0.4 is 9.62 Å². The zero-order valence-electron chi connectivity index (χ0n) is 15.8. The van der Waals surface area contributed by atoms with Crippen molar-refractivity contribution in [2.45, 2.75) is 31.5 Å². The monoisotopic (exact) mass is 428 g/mol. The number of benzene rings is 1. The van der Waals surface area contributed by atoms with Gasteiger partial charge in [-0.3, -0.25) is 14.4 Å². The Morgan fingerprint density at radius 2 is 1.93 bits per heavy atom. The van der Waals surface area contributed by atoms with Gasteiger partial charge in [0.05, 0.1) is 11.9 Å². The van der Waals surface area contributed by atoms with Gasteiger partial charge in [0.1, 0.15) is 6.54 Å². The number of carbonyl (C=O) groups is 1. The molecule has 0 aliphatic rings. The van der Waals surface area contributed by atoms with Crippen molar-refractivity contribution in [3.63, 3.8) is 0 Å². The SMILES string of the molecule is CCc1ccc(N(CC(=O)Nc2nnc(SCC(C)C)s2)S(C)(=O)=O)cc1. The third-order valence-corrected chi connectivity index (χ3v) is 7.05. The number of aryl methyl sites for hydroxylation is 1. The average molecular weight is 429 g/mol. The summed E-state index contributed by atoms with van der Waals surface area (Å²) in [6.07, 6.45) is 1.94. The molecule has 0 bridgehead atoms. The van der Waals surface area contributed by atoms with E-state index in [0.29, 0.717) is 16.7 Å². The Balaban J connectivity index is 2.05. The number of amides is 1. The second-order valence-corrected chi connectivity index (χ2v) is 10.6. The molecule has 0 spiro atoms. The third kappa shape index (κ3) is 6.78. The van der Waals surface area contributed by atoms with Crippen LogP contribution in [0.5, 0.6) is 0 Å². The number of nitrogens with zero attached hydrogens (tertiary/aromatic N) is 3. The minimum absolute atomic E-state index is 0.321. The highest BCUT2D eigenvalue weighted by molar-refractivity contribution is 8.01. The Bertz CT molecular complexity index is 864. The summed E-state index contributed by atoms with van der Waals surface area (Å²) in [7, 11) is -3.60. The van der Waals surface area contributed by atoms with Gasteiger partial charge in [0.25, 0.3) is 0 Å². The van der Waals surface area contributed by atoms with E-state index in [1.54, 1.807) is 23.9 Å². The molecule has 7 nitrogen and oxygen atoms in total. The third-order valence-electron chi connectivity index (χ3n) is 3.51. The number of aromatic nitrogens is 2. The Morgan fingerprint density at radius 1 is 1.26 bits per heavy atom. The van der Waals surface area contributed by atoms with Gasteiger partial charge in [0.2, 0.25) is 21.1 Å². The van der Waals surface area contributed by atoms with E-state index in [0.717, 1.165) is 32.6 Å². The molecular weight excluding hydrogens is 404 g/mol. The standard InChI is InChI=1S/C17H24N4O3S3/c1-5-13-6-8-14(9-7-13)21(27(4,23)24)10-15(22)18-16-19-20-17(26-16)25-11-12(2)3/h6-9,12H,5,10-11H2,1-4H3,(H,18,19,22). The first kappa shape index (κ1) is 21.6. The van der Waals surface area contributed by atoms with Crippen LogP contribution in [0.4, 0.5) is 10.8 Å². The Hall–Kier alpha value is -1.65. The molecule has 0 atom stereocenters. The van der Waals surface area contributed by atoms with Crippen LogP contribution in [-0.4, -0.2) is 43.1 Å². The Labute approximate surface area is 168 Å². The molecule has 10 heteroatoms. The van der Waals surface area contributed by atoms with Crippen LogP contribution in [0.1, 0.15) is 26.3 Å². The van der Waals surface area contributed by atoms with Crippen LogP contribution in [-0.2, 0) is 21.2 Å². The summed E-state index contributed by atoms with van der Waals surface area (Å²) < 4.78 is 26.1. The number of hydrogen-bond acceptors (Lipinski definition) is 7. The van der Waals surface area contributed by atoms with Crippen molar-refractivity contribution in [3.8, 4) is 0 Å². The van der Waals surface area contributed by atoms with Gasteiger partial charge in [-0.2, -0.15) is 0 Å². The quantitative estimate of drug-likeness (QED) is 0.487. The van der Waals surface area contributed by atoms with E-state index in [2.05, 4.69) is 29.4 Å². The largest absolute Gasteiger partial charge is 0.299 e. The van der Waals surface area contributed by atoms with Gasteiger partial charge in [-0.25, -0.2) is 8.42 Å². The molecule has 0 radical (unpaired) electrons. The molecule has 0 fully saturated rings. The second-order valence-electron chi connectivity index (χ2n) is 6.42. The minimum atomic E-state index is -3.60. The van der Waals surface area contributed by atoms with Gasteiger partial charge in [-0.15, -0.1) is 10.2 Å². The molecule has 1 heterocycles. The molecular formula is C17H24N4O3S3. The number of rotatable bonds is 9. The van der Waals surface area contributed by atoms with E-state index in [9.17, 15) is 13.2 Å². The van der Waals surface area contributed by atoms with Crippen molar-refractivity contribution in [1.29, 1.82) is 0 Å². The first-order valence-corrected chi connectivity index (χ1v) is 12.2. The average Bonchev–Trinajstić information content (AvgIpc) is 3.04. The van der Waals surface area contributed by atoms with Gasteiger partial charge < -0.3 is 0 Å². The Morgan fingerprint density at radius 3 is 2.48 bits per heavy atom. The molecule has 2 rings (SSSR count). The zero-order chi connectivity index (χ0) is 20.0. The molecule has 0 unspecified atom stereocenters. The number of nitrogens with one attached hydrogen (secondary N) is 1. The summed E-state index contributed by atoms with van der Waals surface area (Å²) in [5.74, 6) is 0.981. The van der Waals surface area contributed by atoms with Crippen LogP contribution >= 0.6 is 23.1 Å². The predicted octanol–water partition coefficient (Wildman–Crippen LogP) is 3.25. The van der Waals surface area contributed by atoms with Crippen LogP contribution in [0.15, 0.2) is 28.6 Å². The van der Waals surface area contributed by atoms with Crippen LogP contribution in [0.3, 0.4) is 0 Å². The van der Waals surface area contributed by atoms with Gasteiger partial charge in [0, 0.05) is 5.75 Å². The summed E-state index contributed by atoms with van der Waals surface area (Å²) in [6, 6.07) is 7.13. The fourth-order valence-corrected chi connectivity index (χ4v) is 4.74. The fourth-order valence-electron chi connectivity index (χ4n) is 2.14. The second kappa shape index (κ2) is 9.52. The normalized spacial score (nSPS) is 11.6. The summed E-state index contributed by atoms with van der Waals surface area (Å²) >= 11 is 2.86. The van der Waals surface area contributed by atoms with Crippen molar-refractivity contribution in [1.82, 2.24) is 10.2 Å². The van der Waals surface area contributed by atoms with Gasteiger partial charge in [-0.1, -0.05) is 56.0 Å². The van der Waals surface area contributed by atoms with E-state index in [1.807, 2.05) is 19.1 Å². The van der Waals surface area contributed by atoms with Gasteiger partial charge in [-0.05, 0) is 30.0 Å². The lowest BCUT2D eigenvalue weighted by atomic mass is 10.1.